The number of amides is 1. The van der Waals surface area contributed by atoms with E-state index in [1.165, 1.54) is 18.2 Å². The molecule has 37 heavy (non-hydrogen) atoms. The van der Waals surface area contributed by atoms with E-state index < -0.39 is 11.9 Å². The smallest absolute Gasteiger partial charge is 0.381 e. The summed E-state index contributed by atoms with van der Waals surface area (Å²) in [5, 5.41) is 2.49. The summed E-state index contributed by atoms with van der Waals surface area (Å²) in [4.78, 5) is 24.9. The van der Waals surface area contributed by atoms with Crippen LogP contribution in [0.2, 0.25) is 0 Å². The highest BCUT2D eigenvalue weighted by Crippen LogP contribution is 2.34. The van der Waals surface area contributed by atoms with Gasteiger partial charge in [-0.3, -0.25) is 14.7 Å². The van der Waals surface area contributed by atoms with Gasteiger partial charge in [0.2, 0.25) is 5.91 Å². The first-order valence-electron chi connectivity index (χ1n) is 12.7. The highest BCUT2D eigenvalue weighted by atomic mass is 19.4. The second-order valence-corrected chi connectivity index (χ2v) is 9.65. The van der Waals surface area contributed by atoms with Gasteiger partial charge >= 0.3 is 6.18 Å². The van der Waals surface area contributed by atoms with Gasteiger partial charge < -0.3 is 15.0 Å². The highest BCUT2D eigenvalue weighted by molar-refractivity contribution is 5.89. The number of ether oxygens (including phenoxy) is 1. The van der Waals surface area contributed by atoms with Crippen molar-refractivity contribution >= 4 is 11.7 Å². The van der Waals surface area contributed by atoms with Crippen molar-refractivity contribution in [2.24, 2.45) is 0 Å². The van der Waals surface area contributed by atoms with Crippen molar-refractivity contribution in [1.82, 2.24) is 19.8 Å². The van der Waals surface area contributed by atoms with Gasteiger partial charge in [-0.25, -0.2) is 9.37 Å². The number of halogens is 4. The number of alkyl halides is 3. The van der Waals surface area contributed by atoms with Crippen molar-refractivity contribution in [1.29, 1.82) is 0 Å². The van der Waals surface area contributed by atoms with E-state index in [1.54, 1.807) is 12.3 Å². The molecule has 0 aromatic carbocycles. The van der Waals surface area contributed by atoms with Crippen LogP contribution in [0.4, 0.5) is 23.4 Å². The lowest BCUT2D eigenvalue weighted by Crippen LogP contribution is -2.59. The van der Waals surface area contributed by atoms with E-state index >= 15 is 0 Å². The van der Waals surface area contributed by atoms with E-state index in [0.29, 0.717) is 31.7 Å². The lowest BCUT2D eigenvalue weighted by atomic mass is 9.82. The Morgan fingerprint density at radius 3 is 2.54 bits per heavy atom. The third-order valence-electron chi connectivity index (χ3n) is 7.32. The van der Waals surface area contributed by atoms with E-state index in [-0.39, 0.29) is 29.5 Å². The molecule has 7 nitrogen and oxygen atoms in total. The largest absolute Gasteiger partial charge is 0.433 e. The molecule has 0 bridgehead atoms. The lowest BCUT2D eigenvalue weighted by Gasteiger charge is -2.50. The molecule has 0 aliphatic carbocycles. The number of hydrogen-bond acceptors (Lipinski definition) is 6. The van der Waals surface area contributed by atoms with Crippen molar-refractivity contribution in [2.75, 3.05) is 51.3 Å². The SMILES string of the molecule is O=C(CCCC1(N2CCN(CCc3ncccc3F)CC2)CCOCC1)Nc1cccc(C(F)(F)F)n1. The van der Waals surface area contributed by atoms with Gasteiger partial charge in [0.05, 0.1) is 5.69 Å². The van der Waals surface area contributed by atoms with Crippen LogP contribution in [0, 0.1) is 5.82 Å². The van der Waals surface area contributed by atoms with Crippen LogP contribution in [0.1, 0.15) is 43.5 Å². The molecule has 2 aromatic heterocycles. The monoisotopic (exact) mass is 523 g/mol. The molecule has 2 aliphatic heterocycles. The van der Waals surface area contributed by atoms with Gasteiger partial charge in [-0.15, -0.1) is 0 Å². The maximum atomic E-state index is 13.9. The molecule has 2 saturated heterocycles. The summed E-state index contributed by atoms with van der Waals surface area (Å²) in [7, 11) is 0. The first-order valence-corrected chi connectivity index (χ1v) is 12.7. The summed E-state index contributed by atoms with van der Waals surface area (Å²) in [6.45, 7) is 5.59. The molecule has 2 aliphatic rings. The number of aromatic nitrogens is 2. The van der Waals surface area contributed by atoms with Crippen LogP contribution in [0.3, 0.4) is 0 Å². The van der Waals surface area contributed by atoms with Gasteiger partial charge in [0.15, 0.2) is 0 Å². The van der Waals surface area contributed by atoms with Crippen LogP contribution in [-0.2, 0) is 22.1 Å². The molecule has 0 saturated carbocycles. The van der Waals surface area contributed by atoms with Crippen LogP contribution in [0.15, 0.2) is 36.5 Å². The summed E-state index contributed by atoms with van der Waals surface area (Å²) < 4.78 is 58.2. The Morgan fingerprint density at radius 1 is 1.08 bits per heavy atom. The first kappa shape index (κ1) is 27.4. The molecular weight excluding hydrogens is 490 g/mol. The van der Waals surface area contributed by atoms with Crippen LogP contribution >= 0.6 is 0 Å². The molecule has 2 aromatic rings. The molecule has 0 spiro atoms. The standard InChI is InChI=1S/C26H33F4N5O2/c27-20-4-3-12-31-21(20)8-13-34-14-16-35(17-15-34)25(10-18-37-19-11-25)9-2-7-24(36)33-23-6-1-5-22(32-23)26(28,29)30/h1,3-6,12H,2,7-11,13-19H2,(H,32,33,36). The Balaban J connectivity index is 1.26. The quantitative estimate of drug-likeness (QED) is 0.498. The zero-order chi connectivity index (χ0) is 26.3. The van der Waals surface area contributed by atoms with Gasteiger partial charge in [-0.05, 0) is 49.9 Å². The average molecular weight is 524 g/mol. The van der Waals surface area contributed by atoms with Crippen LogP contribution in [0.5, 0.6) is 0 Å². The molecule has 0 atom stereocenters. The Morgan fingerprint density at radius 2 is 1.84 bits per heavy atom. The number of carbonyl (C=O) groups excluding carboxylic acids is 1. The number of anilines is 1. The van der Waals surface area contributed by atoms with E-state index in [9.17, 15) is 22.4 Å². The Kier molecular flexibility index (Phi) is 9.09. The number of hydrogen-bond donors (Lipinski definition) is 1. The highest BCUT2D eigenvalue weighted by Gasteiger charge is 2.39. The topological polar surface area (TPSA) is 70.6 Å². The lowest BCUT2D eigenvalue weighted by molar-refractivity contribution is -0.141. The number of piperazine rings is 1. The van der Waals surface area contributed by atoms with E-state index in [2.05, 4.69) is 25.1 Å². The predicted octanol–water partition coefficient (Wildman–Crippen LogP) is 4.15. The Labute approximate surface area is 214 Å². The number of carbonyl (C=O) groups is 1. The molecule has 4 rings (SSSR count). The summed E-state index contributed by atoms with van der Waals surface area (Å²) in [6.07, 6.45) is 1.00. The predicted molar refractivity (Wildman–Crippen MR) is 130 cm³/mol. The molecule has 4 heterocycles. The van der Waals surface area contributed by atoms with Gasteiger partial charge in [0, 0.05) is 70.5 Å². The van der Waals surface area contributed by atoms with E-state index in [4.69, 9.17) is 4.74 Å². The third kappa shape index (κ3) is 7.45. The number of nitrogens with zero attached hydrogens (tertiary/aromatic N) is 4. The molecule has 1 N–H and O–H groups in total. The molecular formula is C26H33F4N5O2. The second-order valence-electron chi connectivity index (χ2n) is 9.65. The zero-order valence-electron chi connectivity index (χ0n) is 20.8. The van der Waals surface area contributed by atoms with E-state index in [1.807, 2.05) is 0 Å². The maximum Gasteiger partial charge on any atom is 0.433 e. The molecule has 2 fully saturated rings. The van der Waals surface area contributed by atoms with Crippen molar-refractivity contribution < 1.29 is 27.1 Å². The first-order chi connectivity index (χ1) is 17.7. The minimum Gasteiger partial charge on any atom is -0.381 e. The second kappa shape index (κ2) is 12.3. The van der Waals surface area contributed by atoms with Gasteiger partial charge in [-0.1, -0.05) is 6.07 Å². The Bertz CT molecular complexity index is 1040. The summed E-state index contributed by atoms with van der Waals surface area (Å²) >= 11 is 0. The zero-order valence-corrected chi connectivity index (χ0v) is 20.8. The van der Waals surface area contributed by atoms with Crippen LogP contribution < -0.4 is 5.32 Å². The van der Waals surface area contributed by atoms with Gasteiger partial charge in [0.1, 0.15) is 17.3 Å². The van der Waals surface area contributed by atoms with Crippen molar-refractivity contribution in [3.8, 4) is 0 Å². The van der Waals surface area contributed by atoms with Gasteiger partial charge in [0.25, 0.3) is 0 Å². The fourth-order valence-electron chi connectivity index (χ4n) is 5.23. The van der Waals surface area contributed by atoms with Crippen LogP contribution in [0.25, 0.3) is 0 Å². The molecule has 11 heteroatoms. The molecule has 0 radical (unpaired) electrons. The van der Waals surface area contributed by atoms with Crippen molar-refractivity contribution in [2.45, 2.75) is 50.2 Å². The van der Waals surface area contributed by atoms with Crippen LogP contribution in [-0.4, -0.2) is 77.2 Å². The molecule has 202 valence electrons. The minimum atomic E-state index is -4.56. The fourth-order valence-corrected chi connectivity index (χ4v) is 5.23. The summed E-state index contributed by atoms with van der Waals surface area (Å²) in [6, 6.07) is 6.49. The number of nitrogens with one attached hydrogen (secondary N) is 1. The van der Waals surface area contributed by atoms with Crippen molar-refractivity contribution in [3.63, 3.8) is 0 Å². The minimum absolute atomic E-state index is 0.0633. The molecule has 1 amide bonds. The number of pyridine rings is 2. The fraction of sp³-hybridized carbons (Fsp3) is 0.577. The van der Waals surface area contributed by atoms with Crippen molar-refractivity contribution in [3.05, 3.63) is 53.7 Å². The number of rotatable bonds is 9. The Hall–Kier alpha value is -2.63. The third-order valence-corrected chi connectivity index (χ3v) is 7.32. The maximum absolute atomic E-state index is 13.9. The normalized spacial score (nSPS) is 19.0. The summed E-state index contributed by atoms with van der Waals surface area (Å²) in [5.41, 5.74) is -0.605. The average Bonchev–Trinajstić information content (AvgIpc) is 2.89. The summed E-state index contributed by atoms with van der Waals surface area (Å²) in [5.74, 6) is -0.710. The molecule has 0 unspecified atom stereocenters. The van der Waals surface area contributed by atoms with Gasteiger partial charge in [-0.2, -0.15) is 13.2 Å². The van der Waals surface area contributed by atoms with E-state index in [0.717, 1.165) is 58.1 Å².